The van der Waals surface area contributed by atoms with E-state index in [0.717, 1.165) is 23.3 Å². The summed E-state index contributed by atoms with van der Waals surface area (Å²) < 4.78 is 77.7. The minimum atomic E-state index is -0.925. The van der Waals surface area contributed by atoms with Crippen LogP contribution in [0.25, 0.3) is 0 Å². The van der Waals surface area contributed by atoms with Gasteiger partial charge >= 0.3 is 11.9 Å². The summed E-state index contributed by atoms with van der Waals surface area (Å²) in [4.78, 5) is 126. The quantitative estimate of drug-likeness (QED) is 0.0467. The summed E-state index contributed by atoms with van der Waals surface area (Å²) in [6, 6.07) is 7.02. The van der Waals surface area contributed by atoms with Crippen LogP contribution < -0.4 is 16.0 Å². The Morgan fingerprint density at radius 3 is 1.59 bits per heavy atom. The smallest absolute Gasteiger partial charge is 0.308 e. The van der Waals surface area contributed by atoms with E-state index >= 15 is 0 Å². The summed E-state index contributed by atoms with van der Waals surface area (Å²) in [6.45, 7) is 22.9. The molecule has 2 aliphatic rings. The van der Waals surface area contributed by atoms with E-state index in [1.54, 1.807) is 36.1 Å². The number of piperidine rings is 1. The van der Waals surface area contributed by atoms with Gasteiger partial charge in [-0.2, -0.15) is 0 Å². The minimum absolute atomic E-state index is 0.0347. The number of carbonyl (C=O) groups excluding carboxylic acids is 9. The maximum Gasteiger partial charge on any atom is 0.308 e. The summed E-state index contributed by atoms with van der Waals surface area (Å²) in [5, 5.41) is 10.8. The van der Waals surface area contributed by atoms with E-state index in [2.05, 4.69) is 20.9 Å². The lowest BCUT2D eigenvalue weighted by molar-refractivity contribution is -0.150. The van der Waals surface area contributed by atoms with Crippen LogP contribution in [0.5, 0.6) is 0 Å². The fourth-order valence-electron chi connectivity index (χ4n) is 11.1. The first-order chi connectivity index (χ1) is 50.3. The first-order valence-electron chi connectivity index (χ1n) is 36.6. The number of carbonyl (C=O) groups is 9. The number of hydrogen-bond donors (Lipinski definition) is 3. The summed E-state index contributed by atoms with van der Waals surface area (Å²) in [6.07, 6.45) is 5.01. The van der Waals surface area contributed by atoms with E-state index in [9.17, 15) is 43.2 Å². The summed E-state index contributed by atoms with van der Waals surface area (Å²) in [5.41, 5.74) is 1.10. The van der Waals surface area contributed by atoms with E-state index in [1.165, 1.54) is 30.4 Å². The number of rotatable bonds is 61. The van der Waals surface area contributed by atoms with Gasteiger partial charge in [0.05, 0.1) is 178 Å². The molecule has 1 fully saturated rings. The van der Waals surface area contributed by atoms with E-state index in [4.69, 9.17) is 66.3 Å². The number of thiazole rings is 1. The second-order valence-corrected chi connectivity index (χ2v) is 26.1. The molecule has 0 saturated carbocycles. The molecule has 2 aromatic rings. The Morgan fingerprint density at radius 2 is 1.12 bits per heavy atom. The van der Waals surface area contributed by atoms with Crippen molar-refractivity contribution in [3.05, 3.63) is 64.1 Å². The Morgan fingerprint density at radius 1 is 0.625 bits per heavy atom. The summed E-state index contributed by atoms with van der Waals surface area (Å²) >= 11 is 1.17. The van der Waals surface area contributed by atoms with Crippen LogP contribution in [0, 0.1) is 17.8 Å². The number of nitrogens with zero attached hydrogens (tertiary/aromatic N) is 4. The molecule has 1 saturated heterocycles. The standard InChI is InChI=1S/C73H117N7O23S/c1-9-55(5)68(72(88)78(8)62(54(3)4)52-63(103-57(7)81)71-76-60(53-104-71)69(86)75-59(50-56(6)73(89)102-10-2)51-58-16-12-11-13-17-58)77-70(87)61-18-14-15-24-79(61)67(85)22-26-90-28-30-92-32-34-94-36-38-96-40-42-98-44-46-100-48-49-101-47-45-99-43-41-97-39-37-95-35-33-93-31-29-91-27-23-74-64(82)21-25-80-65(83)19-20-66(80)84/h11-13,16-17,19-20,53-56,59,61-63,68H,9-10,14-15,18,21-52H2,1-8H3,(H,74,82)(H,75,86)(H,77,87)/t55-,56-,59+,61+,62+,63+,68-/m0/s1. The van der Waals surface area contributed by atoms with E-state index in [-0.39, 0.29) is 86.8 Å². The SMILES string of the molecule is CCOC(=O)[C@@H](C)C[C@H](Cc1ccccc1)NC(=O)c1csc([C@@H](C[C@H](C(C)C)N(C)C(=O)[C@@H](NC(=O)[C@H]2CCCCN2C(=O)CCOCCOCCOCCOCCOCCOCCOCCOCCOCCOCCOCCOCCNC(=O)CCN2C(=O)C=CC2=O)[C@@H](C)CC)OC(C)=O)n1. The normalized spacial score (nSPS) is 15.5. The highest BCUT2D eigenvalue weighted by molar-refractivity contribution is 7.09. The molecular formula is C73H117N7O23S. The molecule has 30 nitrogen and oxygen atoms in total. The molecule has 3 heterocycles. The van der Waals surface area contributed by atoms with Crippen LogP contribution in [0.15, 0.2) is 47.9 Å². The van der Waals surface area contributed by atoms with Gasteiger partial charge in [-0.1, -0.05) is 71.4 Å². The van der Waals surface area contributed by atoms with Gasteiger partial charge in [0.15, 0.2) is 6.10 Å². The van der Waals surface area contributed by atoms with Gasteiger partial charge in [-0.15, -0.1) is 11.3 Å². The number of likely N-dealkylation sites (N-methyl/N-ethyl adjacent to an activating group) is 1. The molecule has 3 N–H and O–H groups in total. The van der Waals surface area contributed by atoms with Gasteiger partial charge < -0.3 is 92.1 Å². The van der Waals surface area contributed by atoms with Crippen LogP contribution in [0.2, 0.25) is 0 Å². The fourth-order valence-corrected chi connectivity index (χ4v) is 11.9. The Bertz CT molecular complexity index is 2790. The molecule has 1 aromatic carbocycles. The molecule has 4 rings (SSSR count). The highest BCUT2D eigenvalue weighted by Crippen LogP contribution is 2.32. The number of ether oxygens (including phenoxy) is 14. The molecule has 0 unspecified atom stereocenters. The first kappa shape index (κ1) is 89.9. The van der Waals surface area contributed by atoms with Crippen LogP contribution >= 0.6 is 11.3 Å². The first-order valence-corrected chi connectivity index (χ1v) is 37.5. The van der Waals surface area contributed by atoms with Crippen molar-refractivity contribution in [2.75, 3.05) is 192 Å². The van der Waals surface area contributed by atoms with Crippen LogP contribution in [0.4, 0.5) is 0 Å². The molecule has 2 aliphatic heterocycles. The molecule has 588 valence electrons. The van der Waals surface area contributed by atoms with Crippen molar-refractivity contribution in [3.8, 4) is 0 Å². The zero-order valence-corrected chi connectivity index (χ0v) is 63.3. The van der Waals surface area contributed by atoms with Crippen molar-refractivity contribution in [1.82, 2.24) is 35.6 Å². The molecule has 7 amide bonds. The van der Waals surface area contributed by atoms with Gasteiger partial charge in [0.2, 0.25) is 23.6 Å². The van der Waals surface area contributed by atoms with Crippen molar-refractivity contribution in [2.45, 2.75) is 137 Å². The van der Waals surface area contributed by atoms with Gasteiger partial charge in [0, 0.05) is 76.1 Å². The number of amides is 7. The molecule has 0 spiro atoms. The Labute approximate surface area is 617 Å². The lowest BCUT2D eigenvalue weighted by Gasteiger charge is -2.39. The van der Waals surface area contributed by atoms with E-state index < -0.39 is 65.8 Å². The number of aromatic nitrogens is 1. The average molecular weight is 1490 g/mol. The minimum Gasteiger partial charge on any atom is -0.466 e. The second-order valence-electron chi connectivity index (χ2n) is 25.2. The predicted molar refractivity (Wildman–Crippen MR) is 383 cm³/mol. The molecule has 7 atom stereocenters. The van der Waals surface area contributed by atoms with Crippen molar-refractivity contribution >= 4 is 64.6 Å². The Hall–Kier alpha value is -6.46. The number of hydrogen-bond acceptors (Lipinski definition) is 25. The molecular weight excluding hydrogens is 1370 g/mol. The zero-order chi connectivity index (χ0) is 75.5. The molecule has 1 aromatic heterocycles. The van der Waals surface area contributed by atoms with E-state index in [0.29, 0.717) is 189 Å². The van der Waals surface area contributed by atoms with Crippen molar-refractivity contribution in [2.24, 2.45) is 17.8 Å². The zero-order valence-electron chi connectivity index (χ0n) is 62.5. The van der Waals surface area contributed by atoms with E-state index in [1.807, 2.05) is 58.0 Å². The van der Waals surface area contributed by atoms with Gasteiger partial charge in [0.25, 0.3) is 17.7 Å². The Kier molecular flexibility index (Phi) is 47.6. The molecule has 104 heavy (non-hydrogen) atoms. The maximum atomic E-state index is 14.7. The van der Waals surface area contributed by atoms with Crippen molar-refractivity contribution < 1.29 is 109 Å². The number of nitrogens with one attached hydrogen (secondary N) is 3. The largest absolute Gasteiger partial charge is 0.466 e. The van der Waals surface area contributed by atoms with Gasteiger partial charge in [-0.25, -0.2) is 4.98 Å². The number of imide groups is 1. The van der Waals surface area contributed by atoms with Gasteiger partial charge in [-0.05, 0) is 56.4 Å². The predicted octanol–water partition coefficient (Wildman–Crippen LogP) is 4.48. The topological polar surface area (TPSA) is 342 Å². The van der Waals surface area contributed by atoms with Crippen LogP contribution in [0.1, 0.15) is 127 Å². The summed E-state index contributed by atoms with van der Waals surface area (Å²) in [7, 11) is 1.68. The molecule has 0 aliphatic carbocycles. The lowest BCUT2D eigenvalue weighted by Crippen LogP contribution is -2.59. The average Bonchev–Trinajstić information content (AvgIpc) is 1.20. The van der Waals surface area contributed by atoms with Crippen molar-refractivity contribution in [1.29, 1.82) is 0 Å². The third-order valence-electron chi connectivity index (χ3n) is 16.9. The van der Waals surface area contributed by atoms with Crippen molar-refractivity contribution in [3.63, 3.8) is 0 Å². The van der Waals surface area contributed by atoms with Crippen LogP contribution in [-0.4, -0.2) is 289 Å². The number of esters is 2. The molecule has 0 bridgehead atoms. The number of benzene rings is 1. The highest BCUT2D eigenvalue weighted by atomic mass is 32.1. The highest BCUT2D eigenvalue weighted by Gasteiger charge is 2.39. The maximum absolute atomic E-state index is 14.7. The second kappa shape index (κ2) is 55.0. The van der Waals surface area contributed by atoms with Crippen LogP contribution in [-0.2, 0) is 111 Å². The molecule has 0 radical (unpaired) electrons. The molecule has 31 heteroatoms. The van der Waals surface area contributed by atoms with Gasteiger partial charge in [-0.3, -0.25) is 48.1 Å². The lowest BCUT2D eigenvalue weighted by atomic mass is 9.92. The number of likely N-dealkylation sites (tertiary alicyclic amines) is 1. The third kappa shape index (κ3) is 37.7. The monoisotopic (exact) mass is 1490 g/mol. The third-order valence-corrected chi connectivity index (χ3v) is 17.8. The Balaban J connectivity index is 0.975. The van der Waals surface area contributed by atoms with Crippen LogP contribution in [0.3, 0.4) is 0 Å². The van der Waals surface area contributed by atoms with Gasteiger partial charge in [0.1, 0.15) is 22.8 Å². The summed E-state index contributed by atoms with van der Waals surface area (Å²) in [5.74, 6) is -4.30. The fraction of sp³-hybridized carbons (Fsp3) is 0.726.